The van der Waals surface area contributed by atoms with E-state index in [-0.39, 0.29) is 6.92 Å². The number of hydrogen-bond donors (Lipinski definition) is 0. The number of halogens is 9. The van der Waals surface area contributed by atoms with Crippen LogP contribution in [0.3, 0.4) is 0 Å². The zero-order chi connectivity index (χ0) is 13.6. The number of hydrogen-bond acceptors (Lipinski definition) is 0. The van der Waals surface area contributed by atoms with Gasteiger partial charge in [0.25, 0.3) is 0 Å². The van der Waals surface area contributed by atoms with Crippen LogP contribution in [0.1, 0.15) is 6.92 Å². The highest BCUT2D eigenvalue weighted by Gasteiger charge is 2.82. The molecule has 1 nitrogen and oxygen atoms in total. The third-order valence-electron chi connectivity index (χ3n) is 1.68. The van der Waals surface area contributed by atoms with Gasteiger partial charge in [-0.05, 0) is 6.92 Å². The van der Waals surface area contributed by atoms with E-state index in [9.17, 15) is 44.6 Å². The fourth-order valence-corrected chi connectivity index (χ4v) is 0.642. The molecule has 10 heteroatoms. The lowest BCUT2D eigenvalue weighted by atomic mass is 10.0. The molecule has 0 aliphatic heterocycles. The predicted octanol–water partition coefficient (Wildman–Crippen LogP) is 3.27. The number of alkyl halides is 9. The minimum absolute atomic E-state index is 0.229. The van der Waals surface area contributed by atoms with E-state index < -0.39 is 30.0 Å². The average Bonchev–Trinajstić information content (AvgIpc) is 2.00. The van der Waals surface area contributed by atoms with Crippen LogP contribution in [0.4, 0.5) is 39.5 Å². The summed E-state index contributed by atoms with van der Waals surface area (Å²) in [5.74, 6) is -19.8. The summed E-state index contributed by atoms with van der Waals surface area (Å²) in [6, 6.07) is 0. The Morgan fingerprint density at radius 3 is 1.31 bits per heavy atom. The van der Waals surface area contributed by atoms with Crippen molar-refractivity contribution in [3.8, 4) is 0 Å². The van der Waals surface area contributed by atoms with Gasteiger partial charge in [0.15, 0.2) is 6.17 Å². The van der Waals surface area contributed by atoms with Crippen molar-refractivity contribution in [1.29, 1.82) is 0 Å². The van der Waals surface area contributed by atoms with Gasteiger partial charge >= 0.3 is 23.9 Å². The summed E-state index contributed by atoms with van der Waals surface area (Å²) < 4.78 is 108. The minimum Gasteiger partial charge on any atom is -0.241 e. The molecular weight excluding hydrogens is 259 g/mol. The predicted molar refractivity (Wildman–Crippen MR) is 31.0 cm³/mol. The lowest BCUT2D eigenvalue weighted by Gasteiger charge is -2.34. The molecule has 0 N–H and O–H groups in total. The summed E-state index contributed by atoms with van der Waals surface area (Å²) in [4.78, 5) is 0. The maximum Gasteiger partial charge on any atom is 0.452 e. The summed E-state index contributed by atoms with van der Waals surface area (Å²) in [7, 11) is 0. The molecule has 0 bridgehead atoms. The lowest BCUT2D eigenvalue weighted by Crippen LogP contribution is -2.64. The molecule has 0 aromatic carbocycles. The third-order valence-corrected chi connectivity index (χ3v) is 1.68. The average molecular weight is 263 g/mol. The van der Waals surface area contributed by atoms with Crippen molar-refractivity contribution in [3.05, 3.63) is 0 Å². The van der Waals surface area contributed by atoms with Crippen molar-refractivity contribution in [3.63, 3.8) is 0 Å². The molecule has 0 aliphatic rings. The second-order valence-corrected chi connectivity index (χ2v) is 2.90. The maximum absolute atomic E-state index is 12.3. The molecule has 0 rings (SSSR count). The van der Waals surface area contributed by atoms with Crippen LogP contribution in [-0.4, -0.2) is 30.0 Å². The zero-order valence-electron chi connectivity index (χ0n) is 7.39. The Morgan fingerprint density at radius 1 is 0.812 bits per heavy atom. The van der Waals surface area contributed by atoms with Crippen molar-refractivity contribution in [2.24, 2.45) is 0 Å². The van der Waals surface area contributed by atoms with Gasteiger partial charge in [-0.2, -0.15) is 40.2 Å². The van der Waals surface area contributed by atoms with E-state index >= 15 is 0 Å². The van der Waals surface area contributed by atoms with E-state index in [4.69, 9.17) is 0 Å². The van der Waals surface area contributed by atoms with Crippen LogP contribution < -0.4 is 0 Å². The Hall–Kier alpha value is -0.670. The normalized spacial score (nSPS) is 17.4. The van der Waals surface area contributed by atoms with Crippen molar-refractivity contribution >= 4 is 0 Å². The van der Waals surface area contributed by atoms with E-state index in [0.29, 0.717) is 0 Å². The standard InChI is InChI=1S/C6H4F9O/c1-2(7)3(8,9)4(10,11)5(12,13)6(14,15)16/h2H,1H3. The second kappa shape index (κ2) is 3.67. The minimum atomic E-state index is -6.91. The summed E-state index contributed by atoms with van der Waals surface area (Å²) in [6.07, 6.45) is -10.5. The van der Waals surface area contributed by atoms with Crippen LogP contribution in [0.5, 0.6) is 0 Å². The van der Waals surface area contributed by atoms with Crippen molar-refractivity contribution < 1.29 is 44.6 Å². The molecule has 1 unspecified atom stereocenters. The van der Waals surface area contributed by atoms with Gasteiger partial charge in [0, 0.05) is 0 Å². The smallest absolute Gasteiger partial charge is 0.241 e. The van der Waals surface area contributed by atoms with E-state index in [1.165, 1.54) is 0 Å². The van der Waals surface area contributed by atoms with Gasteiger partial charge in [-0.3, -0.25) is 0 Å². The van der Waals surface area contributed by atoms with Crippen LogP contribution in [-0.2, 0) is 5.11 Å². The molecule has 16 heavy (non-hydrogen) atoms. The van der Waals surface area contributed by atoms with Crippen LogP contribution in [0, 0.1) is 0 Å². The Labute approximate surface area is 82.8 Å². The first kappa shape index (κ1) is 15.3. The van der Waals surface area contributed by atoms with Gasteiger partial charge in [-0.25, -0.2) is 4.39 Å². The largest absolute Gasteiger partial charge is 0.452 e. The lowest BCUT2D eigenvalue weighted by molar-refractivity contribution is -0.436. The highest BCUT2D eigenvalue weighted by atomic mass is 19.4. The molecule has 0 aromatic heterocycles. The fourth-order valence-electron chi connectivity index (χ4n) is 0.642. The van der Waals surface area contributed by atoms with Gasteiger partial charge in [-0.15, -0.1) is 0 Å². The Bertz CT molecular complexity index is 253. The van der Waals surface area contributed by atoms with Crippen LogP contribution >= 0.6 is 0 Å². The van der Waals surface area contributed by atoms with Gasteiger partial charge in [0.2, 0.25) is 0 Å². The monoisotopic (exact) mass is 263 g/mol. The molecule has 0 aromatic rings. The van der Waals surface area contributed by atoms with Gasteiger partial charge in [0.1, 0.15) is 0 Å². The van der Waals surface area contributed by atoms with E-state index in [1.54, 1.807) is 0 Å². The Morgan fingerprint density at radius 2 is 1.12 bits per heavy atom. The highest BCUT2D eigenvalue weighted by molar-refractivity contribution is 5.02. The summed E-state index contributed by atoms with van der Waals surface area (Å²) >= 11 is 0. The molecule has 1 atom stereocenters. The van der Waals surface area contributed by atoms with Crippen LogP contribution in [0.2, 0.25) is 0 Å². The van der Waals surface area contributed by atoms with E-state index in [2.05, 4.69) is 0 Å². The molecule has 0 saturated carbocycles. The third kappa shape index (κ3) is 1.94. The Balaban J connectivity index is 5.53. The van der Waals surface area contributed by atoms with Gasteiger partial charge in [-0.1, -0.05) is 0 Å². The molecule has 0 heterocycles. The molecule has 0 saturated heterocycles. The summed E-state index contributed by atoms with van der Waals surface area (Å²) in [5, 5.41) is 9.42. The molecule has 0 amide bonds. The first-order valence-electron chi connectivity index (χ1n) is 3.55. The quantitative estimate of drug-likeness (QED) is 0.694. The van der Waals surface area contributed by atoms with Crippen LogP contribution in [0.25, 0.3) is 0 Å². The van der Waals surface area contributed by atoms with Gasteiger partial charge < -0.3 is 0 Å². The van der Waals surface area contributed by atoms with E-state index in [1.807, 2.05) is 0 Å². The SMILES string of the molecule is CC(F)C(F)(F)C(F)(F)C(F)(F)C([O])(F)F. The summed E-state index contributed by atoms with van der Waals surface area (Å²) in [6.45, 7) is -0.229. The van der Waals surface area contributed by atoms with Gasteiger partial charge in [0.05, 0.1) is 0 Å². The molecule has 0 aliphatic carbocycles. The fraction of sp³-hybridized carbons (Fsp3) is 1.00. The van der Waals surface area contributed by atoms with Crippen molar-refractivity contribution in [2.45, 2.75) is 37.0 Å². The molecule has 0 fully saturated rings. The zero-order valence-corrected chi connectivity index (χ0v) is 7.39. The molecule has 97 valence electrons. The van der Waals surface area contributed by atoms with E-state index in [0.717, 1.165) is 0 Å². The molecule has 0 spiro atoms. The first-order chi connectivity index (χ1) is 6.69. The number of rotatable bonds is 4. The molecule has 1 radical (unpaired) electrons. The first-order valence-corrected chi connectivity index (χ1v) is 3.55. The molecular formula is C6H4F9O. The van der Waals surface area contributed by atoms with Crippen LogP contribution in [0.15, 0.2) is 0 Å². The maximum atomic E-state index is 12.3. The van der Waals surface area contributed by atoms with Crippen molar-refractivity contribution in [1.82, 2.24) is 0 Å². The second-order valence-electron chi connectivity index (χ2n) is 2.90. The summed E-state index contributed by atoms with van der Waals surface area (Å²) in [5.41, 5.74) is 0. The van der Waals surface area contributed by atoms with Crippen molar-refractivity contribution in [2.75, 3.05) is 0 Å². The Kier molecular flexibility index (Phi) is 3.52. The highest BCUT2D eigenvalue weighted by Crippen LogP contribution is 2.53. The topological polar surface area (TPSA) is 19.9 Å².